The number of aryl methyl sites for hydroxylation is 2. The minimum atomic E-state index is -0.229. The summed E-state index contributed by atoms with van der Waals surface area (Å²) in [6.07, 6.45) is 0. The van der Waals surface area contributed by atoms with Crippen molar-refractivity contribution in [1.82, 2.24) is 10.1 Å². The highest BCUT2D eigenvalue weighted by molar-refractivity contribution is 6.05. The van der Waals surface area contributed by atoms with E-state index in [1.807, 2.05) is 44.2 Å². The van der Waals surface area contributed by atoms with Crippen LogP contribution in [-0.2, 0) is 6.61 Å². The van der Waals surface area contributed by atoms with E-state index in [1.165, 1.54) is 0 Å². The monoisotopic (exact) mass is 437 g/mol. The van der Waals surface area contributed by atoms with Crippen molar-refractivity contribution >= 4 is 11.6 Å². The molecule has 0 spiro atoms. The number of amides is 1. The van der Waals surface area contributed by atoms with Gasteiger partial charge in [0.25, 0.3) is 5.91 Å². The van der Waals surface area contributed by atoms with Gasteiger partial charge in [-0.3, -0.25) is 4.79 Å². The first-order valence-corrected chi connectivity index (χ1v) is 10.9. The Labute approximate surface area is 189 Å². The molecule has 1 aromatic heterocycles. The summed E-state index contributed by atoms with van der Waals surface area (Å²) in [7, 11) is 0. The molecule has 7 nitrogen and oxygen atoms in total. The van der Waals surface area contributed by atoms with Crippen molar-refractivity contribution in [2.75, 3.05) is 31.6 Å². The Morgan fingerprint density at radius 2 is 1.84 bits per heavy atom. The maximum absolute atomic E-state index is 12.9. The molecule has 1 N–H and O–H groups in total. The molecule has 0 aliphatic heterocycles. The van der Waals surface area contributed by atoms with Crippen molar-refractivity contribution < 1.29 is 18.8 Å². The highest BCUT2D eigenvalue weighted by Crippen LogP contribution is 2.25. The second kappa shape index (κ2) is 11.3. The number of rotatable bonds is 11. The first kappa shape index (κ1) is 23.3. The van der Waals surface area contributed by atoms with E-state index in [1.54, 1.807) is 18.2 Å². The largest absolute Gasteiger partial charge is 0.490 e. The zero-order valence-corrected chi connectivity index (χ0v) is 19.2. The molecule has 3 rings (SSSR count). The van der Waals surface area contributed by atoms with Crippen molar-refractivity contribution in [3.8, 4) is 11.5 Å². The molecule has 32 heavy (non-hydrogen) atoms. The van der Waals surface area contributed by atoms with Crippen molar-refractivity contribution in [3.05, 3.63) is 71.1 Å². The standard InChI is InChI=1S/C25H31N3O4/c1-5-28(6-2)14-15-30-24-13-8-7-12-23(24)26-25(29)20-10-9-11-21(16-20)31-17-22-18(3)27-32-19(22)4/h7-13,16H,5-6,14-15,17H2,1-4H3,(H,26,29). The van der Waals surface area contributed by atoms with Gasteiger partial charge < -0.3 is 24.2 Å². The minimum Gasteiger partial charge on any atom is -0.490 e. The van der Waals surface area contributed by atoms with Gasteiger partial charge >= 0.3 is 0 Å². The van der Waals surface area contributed by atoms with Crippen LogP contribution in [-0.4, -0.2) is 42.2 Å². The van der Waals surface area contributed by atoms with Crippen LogP contribution in [0.2, 0.25) is 0 Å². The number of para-hydroxylation sites is 2. The Bertz CT molecular complexity index is 1010. The molecule has 2 aromatic carbocycles. The number of anilines is 1. The number of benzene rings is 2. The molecule has 0 aliphatic carbocycles. The SMILES string of the molecule is CCN(CC)CCOc1ccccc1NC(=O)c1cccc(OCc2c(C)noc2C)c1. The number of carbonyl (C=O) groups is 1. The molecule has 0 bridgehead atoms. The van der Waals surface area contributed by atoms with E-state index in [4.69, 9.17) is 14.0 Å². The lowest BCUT2D eigenvalue weighted by molar-refractivity contribution is 0.102. The summed E-state index contributed by atoms with van der Waals surface area (Å²) in [5.41, 5.74) is 2.85. The van der Waals surface area contributed by atoms with Crippen molar-refractivity contribution in [2.24, 2.45) is 0 Å². The summed E-state index contributed by atoms with van der Waals surface area (Å²) < 4.78 is 17.0. The predicted molar refractivity (Wildman–Crippen MR) is 124 cm³/mol. The van der Waals surface area contributed by atoms with E-state index in [-0.39, 0.29) is 5.91 Å². The van der Waals surface area contributed by atoms with Gasteiger partial charge in [-0.25, -0.2) is 0 Å². The van der Waals surface area contributed by atoms with E-state index in [0.29, 0.717) is 36.0 Å². The second-order valence-electron chi connectivity index (χ2n) is 7.44. The number of likely N-dealkylation sites (N-methyl/N-ethyl adjacent to an activating group) is 1. The minimum absolute atomic E-state index is 0.229. The van der Waals surface area contributed by atoms with Crippen LogP contribution in [0.5, 0.6) is 11.5 Å². The van der Waals surface area contributed by atoms with E-state index in [2.05, 4.69) is 29.2 Å². The van der Waals surface area contributed by atoms with E-state index in [0.717, 1.165) is 36.7 Å². The quantitative estimate of drug-likeness (QED) is 0.462. The number of hydrogen-bond acceptors (Lipinski definition) is 6. The molecule has 170 valence electrons. The summed E-state index contributed by atoms with van der Waals surface area (Å²) >= 11 is 0. The number of carbonyl (C=O) groups excluding carboxylic acids is 1. The first-order valence-electron chi connectivity index (χ1n) is 10.9. The van der Waals surface area contributed by atoms with Gasteiger partial charge in [0.2, 0.25) is 0 Å². The van der Waals surface area contributed by atoms with Crippen molar-refractivity contribution in [3.63, 3.8) is 0 Å². The van der Waals surface area contributed by atoms with Crippen molar-refractivity contribution in [1.29, 1.82) is 0 Å². The third kappa shape index (κ3) is 6.11. The average molecular weight is 438 g/mol. The summed E-state index contributed by atoms with van der Waals surface area (Å²) in [6.45, 7) is 11.7. The zero-order chi connectivity index (χ0) is 22.9. The van der Waals surface area contributed by atoms with Crippen LogP contribution in [0.1, 0.15) is 41.2 Å². The first-order chi connectivity index (χ1) is 15.5. The molecule has 0 atom stereocenters. The summed E-state index contributed by atoms with van der Waals surface area (Å²) in [5, 5.41) is 6.89. The molecule has 0 fully saturated rings. The molecule has 3 aromatic rings. The lowest BCUT2D eigenvalue weighted by Crippen LogP contribution is -2.28. The maximum Gasteiger partial charge on any atom is 0.255 e. The van der Waals surface area contributed by atoms with Gasteiger partial charge in [0, 0.05) is 12.1 Å². The summed E-state index contributed by atoms with van der Waals surface area (Å²) in [5.74, 6) is 1.75. The smallest absolute Gasteiger partial charge is 0.255 e. The Morgan fingerprint density at radius 1 is 1.06 bits per heavy atom. The molecule has 0 unspecified atom stereocenters. The van der Waals surface area contributed by atoms with Gasteiger partial charge in [-0.05, 0) is 57.3 Å². The molecule has 1 amide bonds. The van der Waals surface area contributed by atoms with Gasteiger partial charge in [0.05, 0.1) is 16.9 Å². The number of hydrogen-bond donors (Lipinski definition) is 1. The van der Waals surface area contributed by atoms with E-state index in [9.17, 15) is 4.79 Å². The van der Waals surface area contributed by atoms with Crippen LogP contribution in [0.3, 0.4) is 0 Å². The fraction of sp³-hybridized carbons (Fsp3) is 0.360. The number of aromatic nitrogens is 1. The molecular weight excluding hydrogens is 406 g/mol. The summed E-state index contributed by atoms with van der Waals surface area (Å²) in [6, 6.07) is 14.5. The summed E-state index contributed by atoms with van der Waals surface area (Å²) in [4.78, 5) is 15.2. The number of nitrogens with one attached hydrogen (secondary N) is 1. The van der Waals surface area contributed by atoms with Crippen LogP contribution in [0, 0.1) is 13.8 Å². The van der Waals surface area contributed by atoms with E-state index < -0.39 is 0 Å². The highest BCUT2D eigenvalue weighted by atomic mass is 16.5. The molecule has 7 heteroatoms. The van der Waals surface area contributed by atoms with E-state index >= 15 is 0 Å². The van der Waals surface area contributed by atoms with Gasteiger partial charge in [-0.2, -0.15) is 0 Å². The topological polar surface area (TPSA) is 76.8 Å². The van der Waals surface area contributed by atoms with Gasteiger partial charge in [-0.1, -0.05) is 37.2 Å². The molecular formula is C25H31N3O4. The van der Waals surface area contributed by atoms with Crippen LogP contribution < -0.4 is 14.8 Å². The molecule has 0 saturated heterocycles. The van der Waals surface area contributed by atoms with Gasteiger partial charge in [0.15, 0.2) is 0 Å². The molecule has 0 aliphatic rings. The normalized spacial score (nSPS) is 10.9. The number of ether oxygens (including phenoxy) is 2. The van der Waals surface area contributed by atoms with Crippen molar-refractivity contribution in [2.45, 2.75) is 34.3 Å². The Balaban J connectivity index is 1.63. The zero-order valence-electron chi connectivity index (χ0n) is 19.2. The van der Waals surface area contributed by atoms with Gasteiger partial charge in [0.1, 0.15) is 30.5 Å². The predicted octanol–water partition coefficient (Wildman–Crippen LogP) is 4.84. The lowest BCUT2D eigenvalue weighted by atomic mass is 10.2. The van der Waals surface area contributed by atoms with Gasteiger partial charge in [-0.15, -0.1) is 0 Å². The average Bonchev–Trinajstić information content (AvgIpc) is 3.13. The van der Waals surface area contributed by atoms with Crippen LogP contribution in [0.15, 0.2) is 53.1 Å². The molecule has 1 heterocycles. The van der Waals surface area contributed by atoms with Crippen LogP contribution in [0.25, 0.3) is 0 Å². The molecule has 0 radical (unpaired) electrons. The third-order valence-corrected chi connectivity index (χ3v) is 5.36. The third-order valence-electron chi connectivity index (χ3n) is 5.36. The van der Waals surface area contributed by atoms with Crippen LogP contribution in [0.4, 0.5) is 5.69 Å². The Morgan fingerprint density at radius 3 is 2.56 bits per heavy atom. The highest BCUT2D eigenvalue weighted by Gasteiger charge is 2.13. The number of nitrogens with zero attached hydrogens (tertiary/aromatic N) is 2. The fourth-order valence-corrected chi connectivity index (χ4v) is 3.31. The Kier molecular flexibility index (Phi) is 8.27. The fourth-order valence-electron chi connectivity index (χ4n) is 3.31. The lowest BCUT2D eigenvalue weighted by Gasteiger charge is -2.19. The maximum atomic E-state index is 12.9. The Hall–Kier alpha value is -3.32. The van der Waals surface area contributed by atoms with Crippen LogP contribution >= 0.6 is 0 Å². The second-order valence-corrected chi connectivity index (χ2v) is 7.44. The molecule has 0 saturated carbocycles.